The minimum Gasteiger partial charge on any atom is -0.504 e. The Morgan fingerprint density at radius 3 is 2.26 bits per heavy atom. The van der Waals surface area contributed by atoms with Crippen molar-refractivity contribution in [3.8, 4) is 34.3 Å². The van der Waals surface area contributed by atoms with E-state index in [0.29, 0.717) is 11.3 Å². The Bertz CT molecular complexity index is 1280. The Kier molecular flexibility index (Phi) is 6.06. The number of hydrogen-bond donors (Lipinski definition) is 6. The zero-order valence-corrected chi connectivity index (χ0v) is 17.5. The lowest BCUT2D eigenvalue weighted by molar-refractivity contribution is -0.271. The first-order valence-electron chi connectivity index (χ1n) is 9.88. The fraction of sp³-hybridized carbons (Fsp3) is 0.273. The van der Waals surface area contributed by atoms with Gasteiger partial charge < -0.3 is 49.3 Å². The number of phenolic OH excluding ortho intramolecular Hbond substituents is 2. The molecule has 6 N–H and O–H groups in total. The molecule has 1 fully saturated rings. The van der Waals surface area contributed by atoms with Gasteiger partial charge in [-0.25, -0.2) is 4.79 Å². The van der Waals surface area contributed by atoms with Crippen LogP contribution < -0.4 is 14.9 Å². The molecular formula is C22H20O12. The van der Waals surface area contributed by atoms with Crippen molar-refractivity contribution in [2.24, 2.45) is 0 Å². The van der Waals surface area contributed by atoms with Gasteiger partial charge in [0.2, 0.25) is 12.0 Å². The highest BCUT2D eigenvalue weighted by Crippen LogP contribution is 2.42. The second-order valence-corrected chi connectivity index (χ2v) is 7.50. The molecule has 1 aromatic heterocycles. The smallest absolute Gasteiger partial charge is 0.335 e. The van der Waals surface area contributed by atoms with E-state index in [1.165, 1.54) is 7.11 Å². The largest absolute Gasteiger partial charge is 0.504 e. The average molecular weight is 476 g/mol. The molecule has 1 saturated heterocycles. The lowest BCUT2D eigenvalue weighted by Crippen LogP contribution is -2.61. The molecule has 0 saturated carbocycles. The van der Waals surface area contributed by atoms with Gasteiger partial charge in [0.05, 0.1) is 7.11 Å². The SMILES string of the molecule is COc1ccc(-c2cc(=O)c3c(O)c(O)c(O[C@@H]4O[C@H](C(=O)O)[C@@H](O)[C@H](O)[C@H]4O)cc3o2)cc1. The maximum atomic E-state index is 12.6. The van der Waals surface area contributed by atoms with E-state index in [-0.39, 0.29) is 16.7 Å². The van der Waals surface area contributed by atoms with E-state index in [2.05, 4.69) is 0 Å². The molecule has 5 atom stereocenters. The average Bonchev–Trinajstić information content (AvgIpc) is 2.81. The first kappa shape index (κ1) is 23.3. The second kappa shape index (κ2) is 8.83. The summed E-state index contributed by atoms with van der Waals surface area (Å²) in [6.07, 6.45) is -9.62. The van der Waals surface area contributed by atoms with Crippen LogP contribution in [0.2, 0.25) is 0 Å². The van der Waals surface area contributed by atoms with E-state index in [9.17, 15) is 35.1 Å². The number of aliphatic hydroxyl groups excluding tert-OH is 3. The lowest BCUT2D eigenvalue weighted by atomic mass is 9.99. The Balaban J connectivity index is 1.75. The number of aliphatic carboxylic acids is 1. The molecule has 0 unspecified atom stereocenters. The second-order valence-electron chi connectivity index (χ2n) is 7.50. The van der Waals surface area contributed by atoms with Crippen LogP contribution in [0.4, 0.5) is 0 Å². The summed E-state index contributed by atoms with van der Waals surface area (Å²) >= 11 is 0. The van der Waals surface area contributed by atoms with Gasteiger partial charge in [-0.05, 0) is 24.3 Å². The fourth-order valence-electron chi connectivity index (χ4n) is 3.53. The van der Waals surface area contributed by atoms with Crippen LogP contribution in [0.15, 0.2) is 45.6 Å². The molecule has 4 rings (SSSR count). The number of ether oxygens (including phenoxy) is 3. The molecule has 0 radical (unpaired) electrons. The van der Waals surface area contributed by atoms with Crippen molar-refractivity contribution < 1.29 is 54.1 Å². The standard InChI is InChI=1S/C22H20O12/c1-31-9-4-2-8(3-5-9)11-6-10(23)14-12(32-11)7-13(15(24)16(14)25)33-22-19(28)17(26)18(27)20(34-22)21(29)30/h2-7,17-20,22,24-28H,1H3,(H,29,30)/t17-,18-,19+,20-,22+/m0/s1. The number of fused-ring (bicyclic) bond motifs is 1. The number of aliphatic hydroxyl groups is 3. The normalized spacial score (nSPS) is 24.6. The molecule has 2 aromatic carbocycles. The Morgan fingerprint density at radius 1 is 0.971 bits per heavy atom. The first-order valence-corrected chi connectivity index (χ1v) is 9.88. The summed E-state index contributed by atoms with van der Waals surface area (Å²) in [5.41, 5.74) is -0.378. The third kappa shape index (κ3) is 3.99. The van der Waals surface area contributed by atoms with Crippen molar-refractivity contribution in [3.63, 3.8) is 0 Å². The van der Waals surface area contributed by atoms with Gasteiger partial charge in [0.25, 0.3) is 0 Å². The van der Waals surface area contributed by atoms with Crippen LogP contribution in [0.5, 0.6) is 23.0 Å². The van der Waals surface area contributed by atoms with Crippen LogP contribution >= 0.6 is 0 Å². The highest BCUT2D eigenvalue weighted by molar-refractivity contribution is 5.89. The predicted molar refractivity (Wildman–Crippen MR) is 113 cm³/mol. The predicted octanol–water partition coefficient (Wildman–Crippen LogP) is 0.151. The third-order valence-corrected chi connectivity index (χ3v) is 5.36. The Labute approximate surface area is 190 Å². The molecule has 3 aromatic rings. The summed E-state index contributed by atoms with van der Waals surface area (Å²) in [6, 6.07) is 8.69. The number of carbonyl (C=O) groups is 1. The Hall–Kier alpha value is -3.84. The van der Waals surface area contributed by atoms with Crippen LogP contribution in [0.1, 0.15) is 0 Å². The number of aromatic hydroxyl groups is 2. The van der Waals surface area contributed by atoms with Gasteiger partial charge >= 0.3 is 5.97 Å². The molecule has 0 spiro atoms. The number of carboxylic acids is 1. The van der Waals surface area contributed by atoms with Crippen molar-refractivity contribution in [2.45, 2.75) is 30.7 Å². The highest BCUT2D eigenvalue weighted by Gasteiger charge is 2.48. The number of rotatable bonds is 5. The van der Waals surface area contributed by atoms with E-state index in [0.717, 1.165) is 12.1 Å². The van der Waals surface area contributed by atoms with Crippen LogP contribution in [0.25, 0.3) is 22.3 Å². The maximum absolute atomic E-state index is 12.6. The van der Waals surface area contributed by atoms with E-state index in [1.807, 2.05) is 0 Å². The molecule has 12 heteroatoms. The van der Waals surface area contributed by atoms with Crippen LogP contribution in [-0.4, -0.2) is 74.4 Å². The molecule has 180 valence electrons. The molecule has 1 aliphatic heterocycles. The topological polar surface area (TPSA) is 196 Å². The molecule has 0 aliphatic carbocycles. The van der Waals surface area contributed by atoms with Gasteiger partial charge in [0, 0.05) is 17.7 Å². The number of methoxy groups -OCH3 is 1. The van der Waals surface area contributed by atoms with Crippen molar-refractivity contribution >= 4 is 16.9 Å². The van der Waals surface area contributed by atoms with Crippen molar-refractivity contribution in [1.82, 2.24) is 0 Å². The minimum absolute atomic E-state index is 0.120. The van der Waals surface area contributed by atoms with E-state index in [1.54, 1.807) is 24.3 Å². The fourth-order valence-corrected chi connectivity index (χ4v) is 3.53. The van der Waals surface area contributed by atoms with Crippen molar-refractivity contribution in [3.05, 3.63) is 46.6 Å². The maximum Gasteiger partial charge on any atom is 0.335 e. The quantitative estimate of drug-likeness (QED) is 0.273. The zero-order valence-electron chi connectivity index (χ0n) is 17.5. The Morgan fingerprint density at radius 2 is 1.65 bits per heavy atom. The van der Waals surface area contributed by atoms with E-state index < -0.39 is 59.4 Å². The van der Waals surface area contributed by atoms with Gasteiger partial charge in [-0.3, -0.25) is 4.79 Å². The van der Waals surface area contributed by atoms with Gasteiger partial charge in [0.15, 0.2) is 23.0 Å². The first-order chi connectivity index (χ1) is 16.1. The molecule has 0 amide bonds. The monoisotopic (exact) mass is 476 g/mol. The van der Waals surface area contributed by atoms with Gasteiger partial charge in [-0.1, -0.05) is 0 Å². The number of hydrogen-bond acceptors (Lipinski definition) is 11. The zero-order chi connectivity index (χ0) is 24.7. The summed E-state index contributed by atoms with van der Waals surface area (Å²) in [6.45, 7) is 0. The highest BCUT2D eigenvalue weighted by atomic mass is 16.7. The summed E-state index contributed by atoms with van der Waals surface area (Å²) in [5.74, 6) is -3.29. The summed E-state index contributed by atoms with van der Waals surface area (Å²) in [7, 11) is 1.49. The molecule has 12 nitrogen and oxygen atoms in total. The number of carboxylic acid groups (broad SMARTS) is 1. The number of phenols is 2. The van der Waals surface area contributed by atoms with Gasteiger partial charge in [-0.15, -0.1) is 0 Å². The van der Waals surface area contributed by atoms with Gasteiger partial charge in [0.1, 0.15) is 40.8 Å². The molecular weight excluding hydrogens is 456 g/mol. The summed E-state index contributed by atoms with van der Waals surface area (Å²) in [4.78, 5) is 23.9. The van der Waals surface area contributed by atoms with Gasteiger partial charge in [-0.2, -0.15) is 0 Å². The molecule has 2 heterocycles. The van der Waals surface area contributed by atoms with Crippen LogP contribution in [0.3, 0.4) is 0 Å². The summed E-state index contributed by atoms with van der Waals surface area (Å²) in [5, 5.41) is 59.4. The molecule has 34 heavy (non-hydrogen) atoms. The minimum atomic E-state index is -1.95. The van der Waals surface area contributed by atoms with Crippen molar-refractivity contribution in [1.29, 1.82) is 0 Å². The van der Waals surface area contributed by atoms with E-state index in [4.69, 9.17) is 23.7 Å². The molecule has 1 aliphatic rings. The lowest BCUT2D eigenvalue weighted by Gasteiger charge is -2.38. The van der Waals surface area contributed by atoms with E-state index >= 15 is 0 Å². The van der Waals surface area contributed by atoms with Crippen molar-refractivity contribution in [2.75, 3.05) is 7.11 Å². The number of benzene rings is 2. The summed E-state index contributed by atoms with van der Waals surface area (Å²) < 4.78 is 21.1. The third-order valence-electron chi connectivity index (χ3n) is 5.36. The van der Waals surface area contributed by atoms with Crippen LogP contribution in [-0.2, 0) is 9.53 Å². The van der Waals surface area contributed by atoms with Crippen LogP contribution in [0, 0.1) is 0 Å². The molecule has 0 bridgehead atoms.